The minimum absolute atomic E-state index is 0.441. The highest BCUT2D eigenvalue weighted by atomic mass is 35.5. The van der Waals surface area contributed by atoms with Crippen LogP contribution < -0.4 is 10.5 Å². The lowest BCUT2D eigenvalue weighted by atomic mass is 9.98. The number of para-hydroxylation sites is 2. The highest BCUT2D eigenvalue weighted by molar-refractivity contribution is 6.33. The summed E-state index contributed by atoms with van der Waals surface area (Å²) in [6, 6.07) is 13.4. The molecule has 0 aliphatic carbocycles. The van der Waals surface area contributed by atoms with Gasteiger partial charge in [0.2, 0.25) is 0 Å². The largest absolute Gasteiger partial charge is 0.455 e. The predicted molar refractivity (Wildman–Crippen MR) is 81.1 cm³/mol. The van der Waals surface area contributed by atoms with Crippen molar-refractivity contribution in [1.82, 2.24) is 0 Å². The molecule has 100 valence electrons. The number of hydrogen-bond donors (Lipinski definition) is 1. The van der Waals surface area contributed by atoms with Gasteiger partial charge in [-0.15, -0.1) is 0 Å². The number of anilines is 1. The van der Waals surface area contributed by atoms with Crippen LogP contribution in [-0.2, 0) is 0 Å². The fourth-order valence-electron chi connectivity index (χ4n) is 1.93. The standard InChI is InChI=1S/C16H18ClNO/c1-3-11(2)12-7-4-5-9-14(12)19-15-10-6-8-13(17)16(15)18/h4-11H,3,18H2,1-2H3. The Morgan fingerprint density at radius 1 is 1.11 bits per heavy atom. The van der Waals surface area contributed by atoms with E-state index in [1.54, 1.807) is 6.07 Å². The van der Waals surface area contributed by atoms with Crippen LogP contribution in [0.2, 0.25) is 5.02 Å². The minimum Gasteiger partial charge on any atom is -0.455 e. The van der Waals surface area contributed by atoms with Gasteiger partial charge < -0.3 is 10.5 Å². The van der Waals surface area contributed by atoms with Gasteiger partial charge >= 0.3 is 0 Å². The van der Waals surface area contributed by atoms with E-state index >= 15 is 0 Å². The molecule has 1 atom stereocenters. The lowest BCUT2D eigenvalue weighted by Crippen LogP contribution is -1.98. The first kappa shape index (κ1) is 13.8. The Hall–Kier alpha value is -1.67. The van der Waals surface area contributed by atoms with Gasteiger partial charge in [-0.2, -0.15) is 0 Å². The summed E-state index contributed by atoms with van der Waals surface area (Å²) < 4.78 is 5.93. The lowest BCUT2D eigenvalue weighted by Gasteiger charge is -2.16. The molecular weight excluding hydrogens is 258 g/mol. The Kier molecular flexibility index (Phi) is 4.33. The van der Waals surface area contributed by atoms with Gasteiger partial charge in [0.25, 0.3) is 0 Å². The quantitative estimate of drug-likeness (QED) is 0.776. The van der Waals surface area contributed by atoms with E-state index in [4.69, 9.17) is 22.1 Å². The molecule has 0 saturated heterocycles. The van der Waals surface area contributed by atoms with E-state index < -0.39 is 0 Å². The molecule has 2 N–H and O–H groups in total. The Morgan fingerprint density at radius 2 is 1.79 bits per heavy atom. The lowest BCUT2D eigenvalue weighted by molar-refractivity contribution is 0.472. The number of hydrogen-bond acceptors (Lipinski definition) is 2. The molecule has 2 nitrogen and oxygen atoms in total. The van der Waals surface area contributed by atoms with Crippen molar-refractivity contribution < 1.29 is 4.74 Å². The molecule has 0 amide bonds. The molecule has 2 rings (SSSR count). The molecular formula is C16H18ClNO. The third-order valence-corrected chi connectivity index (χ3v) is 3.62. The number of ether oxygens (including phenoxy) is 1. The van der Waals surface area contributed by atoms with Gasteiger partial charge in [0.15, 0.2) is 5.75 Å². The first-order valence-corrected chi connectivity index (χ1v) is 6.82. The highest BCUT2D eigenvalue weighted by Crippen LogP contribution is 2.36. The van der Waals surface area contributed by atoms with Gasteiger partial charge in [0, 0.05) is 0 Å². The molecule has 0 saturated carbocycles. The minimum atomic E-state index is 0.441. The van der Waals surface area contributed by atoms with Gasteiger partial charge in [-0.3, -0.25) is 0 Å². The van der Waals surface area contributed by atoms with Crippen LogP contribution in [-0.4, -0.2) is 0 Å². The van der Waals surface area contributed by atoms with Crippen molar-refractivity contribution in [3.05, 3.63) is 53.1 Å². The van der Waals surface area contributed by atoms with Crippen LogP contribution in [0, 0.1) is 0 Å². The first-order chi connectivity index (χ1) is 9.13. The Labute approximate surface area is 119 Å². The number of rotatable bonds is 4. The molecule has 0 aromatic heterocycles. The Morgan fingerprint density at radius 3 is 2.53 bits per heavy atom. The normalized spacial score (nSPS) is 12.2. The smallest absolute Gasteiger partial charge is 0.151 e. The van der Waals surface area contributed by atoms with Crippen LogP contribution in [0.3, 0.4) is 0 Å². The molecule has 0 radical (unpaired) electrons. The second-order valence-corrected chi connectivity index (χ2v) is 5.01. The molecule has 0 spiro atoms. The third-order valence-electron chi connectivity index (χ3n) is 3.30. The van der Waals surface area contributed by atoms with Crippen LogP contribution in [0.15, 0.2) is 42.5 Å². The zero-order valence-electron chi connectivity index (χ0n) is 11.2. The topological polar surface area (TPSA) is 35.2 Å². The van der Waals surface area contributed by atoms with Crippen molar-refractivity contribution >= 4 is 17.3 Å². The monoisotopic (exact) mass is 275 g/mol. The van der Waals surface area contributed by atoms with Crippen LogP contribution >= 0.6 is 11.6 Å². The molecule has 19 heavy (non-hydrogen) atoms. The van der Waals surface area contributed by atoms with Crippen LogP contribution in [0.1, 0.15) is 31.7 Å². The molecule has 0 aliphatic heterocycles. The average Bonchev–Trinajstić information content (AvgIpc) is 2.43. The van der Waals surface area contributed by atoms with Gasteiger partial charge in [-0.05, 0) is 36.1 Å². The summed E-state index contributed by atoms with van der Waals surface area (Å²) in [6.07, 6.45) is 1.06. The first-order valence-electron chi connectivity index (χ1n) is 6.44. The fraction of sp³-hybridized carbons (Fsp3) is 0.250. The molecule has 2 aromatic carbocycles. The second-order valence-electron chi connectivity index (χ2n) is 4.60. The zero-order chi connectivity index (χ0) is 13.8. The molecule has 0 fully saturated rings. The van der Waals surface area contributed by atoms with E-state index in [0.29, 0.717) is 22.4 Å². The van der Waals surface area contributed by atoms with Crippen molar-refractivity contribution in [1.29, 1.82) is 0 Å². The number of nitrogens with two attached hydrogens (primary N) is 1. The zero-order valence-corrected chi connectivity index (χ0v) is 11.9. The number of benzene rings is 2. The summed E-state index contributed by atoms with van der Waals surface area (Å²) in [4.78, 5) is 0. The van der Waals surface area contributed by atoms with Crippen molar-refractivity contribution in [2.24, 2.45) is 0 Å². The van der Waals surface area contributed by atoms with Gasteiger partial charge in [-0.25, -0.2) is 0 Å². The summed E-state index contributed by atoms with van der Waals surface area (Å²) in [5.74, 6) is 1.88. The molecule has 2 aromatic rings. The number of nitrogen functional groups attached to an aromatic ring is 1. The van der Waals surface area contributed by atoms with E-state index in [1.165, 1.54) is 5.56 Å². The average molecular weight is 276 g/mol. The van der Waals surface area contributed by atoms with Gasteiger partial charge in [-0.1, -0.05) is 49.7 Å². The summed E-state index contributed by atoms with van der Waals surface area (Å²) in [7, 11) is 0. The van der Waals surface area contributed by atoms with Crippen molar-refractivity contribution in [2.45, 2.75) is 26.2 Å². The van der Waals surface area contributed by atoms with E-state index in [2.05, 4.69) is 19.9 Å². The number of halogens is 1. The molecule has 0 heterocycles. The summed E-state index contributed by atoms with van der Waals surface area (Å²) in [5, 5.41) is 0.513. The van der Waals surface area contributed by atoms with Gasteiger partial charge in [0.05, 0.1) is 10.7 Å². The summed E-state index contributed by atoms with van der Waals surface area (Å²) >= 11 is 6.00. The summed E-state index contributed by atoms with van der Waals surface area (Å²) in [6.45, 7) is 4.35. The van der Waals surface area contributed by atoms with Crippen LogP contribution in [0.25, 0.3) is 0 Å². The second kappa shape index (κ2) is 5.98. The maximum atomic E-state index is 6.00. The van der Waals surface area contributed by atoms with E-state index in [-0.39, 0.29) is 0 Å². The maximum Gasteiger partial charge on any atom is 0.151 e. The van der Waals surface area contributed by atoms with Crippen LogP contribution in [0.4, 0.5) is 5.69 Å². The Balaban J connectivity index is 2.36. The Bertz CT molecular complexity index is 568. The van der Waals surface area contributed by atoms with E-state index in [1.807, 2.05) is 30.3 Å². The van der Waals surface area contributed by atoms with Gasteiger partial charge in [0.1, 0.15) is 5.75 Å². The maximum absolute atomic E-state index is 6.00. The molecule has 0 bridgehead atoms. The third kappa shape index (κ3) is 3.02. The fourth-order valence-corrected chi connectivity index (χ4v) is 2.09. The molecule has 3 heteroatoms. The van der Waals surface area contributed by atoms with Crippen molar-refractivity contribution in [2.75, 3.05) is 5.73 Å². The van der Waals surface area contributed by atoms with E-state index in [9.17, 15) is 0 Å². The SMILES string of the molecule is CCC(C)c1ccccc1Oc1cccc(Cl)c1N. The molecule has 0 aliphatic rings. The highest BCUT2D eigenvalue weighted by Gasteiger charge is 2.12. The molecule has 1 unspecified atom stereocenters. The van der Waals surface area contributed by atoms with E-state index in [0.717, 1.165) is 12.2 Å². The van der Waals surface area contributed by atoms with Crippen LogP contribution in [0.5, 0.6) is 11.5 Å². The predicted octanol–water partition coefficient (Wildman–Crippen LogP) is 5.23. The summed E-state index contributed by atoms with van der Waals surface area (Å²) in [5.41, 5.74) is 7.59. The van der Waals surface area contributed by atoms with Crippen molar-refractivity contribution in [3.8, 4) is 11.5 Å². The van der Waals surface area contributed by atoms with Crippen molar-refractivity contribution in [3.63, 3.8) is 0 Å².